The van der Waals surface area contributed by atoms with Crippen LogP contribution < -0.4 is 15.0 Å². The molecule has 2 heterocycles. The van der Waals surface area contributed by atoms with Gasteiger partial charge in [-0.2, -0.15) is 0 Å². The van der Waals surface area contributed by atoms with Gasteiger partial charge >= 0.3 is 6.03 Å². The predicted octanol–water partition coefficient (Wildman–Crippen LogP) is 2.38. The summed E-state index contributed by atoms with van der Waals surface area (Å²) in [6.07, 6.45) is 6.00. The molecule has 1 aliphatic carbocycles. The van der Waals surface area contributed by atoms with E-state index in [2.05, 4.69) is 10.2 Å². The number of carbonyl (C=O) groups excluding carboxylic acids is 3. The molecule has 3 aliphatic rings. The van der Waals surface area contributed by atoms with Crippen LogP contribution in [0.2, 0.25) is 0 Å². The number of amides is 4. The van der Waals surface area contributed by atoms with Crippen LogP contribution in [0.25, 0.3) is 0 Å². The Morgan fingerprint density at radius 3 is 2.35 bits per heavy atom. The molecular formula is C23H32N4O4. The van der Waals surface area contributed by atoms with Crippen molar-refractivity contribution in [3.8, 4) is 5.75 Å². The molecule has 1 spiro atoms. The molecule has 0 unspecified atom stereocenters. The number of nitrogens with zero attached hydrogens (tertiary/aromatic N) is 3. The fourth-order valence-corrected chi connectivity index (χ4v) is 5.16. The van der Waals surface area contributed by atoms with Crippen LogP contribution >= 0.6 is 0 Å². The summed E-state index contributed by atoms with van der Waals surface area (Å²) in [7, 11) is 3.35. The third-order valence-corrected chi connectivity index (χ3v) is 7.08. The Kier molecular flexibility index (Phi) is 6.07. The van der Waals surface area contributed by atoms with Crippen LogP contribution in [0.3, 0.4) is 0 Å². The molecule has 1 aromatic carbocycles. The maximum Gasteiger partial charge on any atom is 0.327 e. The highest BCUT2D eigenvalue weighted by Gasteiger charge is 2.55. The van der Waals surface area contributed by atoms with E-state index in [-0.39, 0.29) is 30.4 Å². The molecule has 2 aliphatic heterocycles. The minimum atomic E-state index is -0.737. The van der Waals surface area contributed by atoms with E-state index in [1.165, 1.54) is 0 Å². The van der Waals surface area contributed by atoms with Gasteiger partial charge in [0.1, 0.15) is 17.8 Å². The number of ether oxygens (including phenoxy) is 1. The highest BCUT2D eigenvalue weighted by atomic mass is 16.5. The predicted molar refractivity (Wildman–Crippen MR) is 117 cm³/mol. The van der Waals surface area contributed by atoms with Gasteiger partial charge in [-0.1, -0.05) is 19.3 Å². The van der Waals surface area contributed by atoms with E-state index in [9.17, 15) is 14.4 Å². The van der Waals surface area contributed by atoms with Gasteiger partial charge in [0.15, 0.2) is 0 Å². The zero-order chi connectivity index (χ0) is 22.0. The maximum absolute atomic E-state index is 13.0. The highest BCUT2D eigenvalue weighted by molar-refractivity contribution is 6.08. The molecule has 4 amide bonds. The molecule has 4 rings (SSSR count). The first-order valence-corrected chi connectivity index (χ1v) is 11.2. The number of hydrogen-bond acceptors (Lipinski definition) is 5. The van der Waals surface area contributed by atoms with Crippen molar-refractivity contribution in [2.45, 2.75) is 56.5 Å². The number of imide groups is 1. The van der Waals surface area contributed by atoms with Crippen molar-refractivity contribution >= 4 is 23.5 Å². The number of rotatable bonds is 5. The third-order valence-electron chi connectivity index (χ3n) is 7.08. The number of likely N-dealkylation sites (N-methyl/N-ethyl adjacent to an activating group) is 1. The van der Waals surface area contributed by atoms with Crippen molar-refractivity contribution in [2.75, 3.05) is 38.7 Å². The van der Waals surface area contributed by atoms with E-state index < -0.39 is 5.54 Å². The summed E-state index contributed by atoms with van der Waals surface area (Å²) in [6, 6.07) is 7.68. The summed E-state index contributed by atoms with van der Waals surface area (Å²) in [4.78, 5) is 43.4. The van der Waals surface area contributed by atoms with Gasteiger partial charge in [0.05, 0.1) is 7.11 Å². The Labute approximate surface area is 183 Å². The lowest BCUT2D eigenvalue weighted by molar-refractivity contribution is -0.137. The molecule has 0 radical (unpaired) electrons. The number of anilines is 1. The third kappa shape index (κ3) is 4.07. The van der Waals surface area contributed by atoms with Crippen molar-refractivity contribution < 1.29 is 19.1 Å². The second-order valence-electron chi connectivity index (χ2n) is 8.85. The van der Waals surface area contributed by atoms with Gasteiger partial charge in [-0.15, -0.1) is 0 Å². The van der Waals surface area contributed by atoms with Crippen molar-refractivity contribution in [1.29, 1.82) is 0 Å². The number of urea groups is 1. The fourth-order valence-electron chi connectivity index (χ4n) is 5.16. The molecule has 8 heteroatoms. The lowest BCUT2D eigenvalue weighted by atomic mass is 9.81. The van der Waals surface area contributed by atoms with Crippen LogP contribution in [0.5, 0.6) is 5.75 Å². The Hall–Kier alpha value is -2.77. The number of nitrogens with one attached hydrogen (secondary N) is 1. The van der Waals surface area contributed by atoms with E-state index in [0.29, 0.717) is 12.8 Å². The number of benzene rings is 1. The highest BCUT2D eigenvalue weighted by Crippen LogP contribution is 2.39. The van der Waals surface area contributed by atoms with Gasteiger partial charge in [-0.05, 0) is 49.9 Å². The summed E-state index contributed by atoms with van der Waals surface area (Å²) < 4.78 is 5.21. The molecule has 1 saturated carbocycles. The van der Waals surface area contributed by atoms with E-state index in [0.717, 1.165) is 61.5 Å². The van der Waals surface area contributed by atoms with Gasteiger partial charge in [0, 0.05) is 31.9 Å². The Morgan fingerprint density at radius 2 is 1.74 bits per heavy atom. The lowest BCUT2D eigenvalue weighted by Crippen LogP contribution is -2.50. The molecule has 3 fully saturated rings. The monoisotopic (exact) mass is 428 g/mol. The first-order valence-electron chi connectivity index (χ1n) is 11.2. The van der Waals surface area contributed by atoms with Gasteiger partial charge < -0.3 is 19.9 Å². The molecule has 2 saturated heterocycles. The normalized spacial score (nSPS) is 21.7. The minimum absolute atomic E-state index is 0.0520. The minimum Gasteiger partial charge on any atom is -0.497 e. The molecule has 0 atom stereocenters. The Morgan fingerprint density at radius 1 is 1.10 bits per heavy atom. The van der Waals surface area contributed by atoms with Crippen LogP contribution in [0.1, 0.15) is 44.9 Å². The molecule has 1 N–H and O–H groups in total. The van der Waals surface area contributed by atoms with Crippen LogP contribution in [0.15, 0.2) is 24.3 Å². The second kappa shape index (κ2) is 8.77. The van der Waals surface area contributed by atoms with E-state index in [1.54, 1.807) is 19.1 Å². The second-order valence-corrected chi connectivity index (χ2v) is 8.85. The van der Waals surface area contributed by atoms with E-state index >= 15 is 0 Å². The standard InChI is InChI=1S/C23H32N4O4/c1-25-22(30)27(21(29)23(25)12-4-3-5-13-23)16-20(28)24-17-10-14-26(15-11-17)18-6-8-19(31-2)9-7-18/h6-9,17H,3-5,10-16H2,1-2H3,(H,24,28). The summed E-state index contributed by atoms with van der Waals surface area (Å²) >= 11 is 0. The van der Waals surface area contributed by atoms with E-state index in [1.807, 2.05) is 24.3 Å². The summed E-state index contributed by atoms with van der Waals surface area (Å²) in [5, 5.41) is 3.03. The van der Waals surface area contributed by atoms with Crippen LogP contribution in [0.4, 0.5) is 10.5 Å². The molecule has 0 aromatic heterocycles. The smallest absolute Gasteiger partial charge is 0.327 e. The quantitative estimate of drug-likeness (QED) is 0.728. The summed E-state index contributed by atoms with van der Waals surface area (Å²) in [5.74, 6) is 0.368. The molecule has 31 heavy (non-hydrogen) atoms. The Balaban J connectivity index is 1.29. The topological polar surface area (TPSA) is 82.2 Å². The summed E-state index contributed by atoms with van der Waals surface area (Å²) in [6.45, 7) is 1.48. The molecule has 168 valence electrons. The Bertz CT molecular complexity index is 826. The van der Waals surface area contributed by atoms with Crippen molar-refractivity contribution in [3.05, 3.63) is 24.3 Å². The van der Waals surface area contributed by atoms with Crippen molar-refractivity contribution in [2.24, 2.45) is 0 Å². The molecule has 0 bridgehead atoms. The van der Waals surface area contributed by atoms with Gasteiger partial charge in [-0.25, -0.2) is 4.79 Å². The van der Waals surface area contributed by atoms with E-state index in [4.69, 9.17) is 4.74 Å². The zero-order valence-electron chi connectivity index (χ0n) is 18.4. The van der Waals surface area contributed by atoms with Gasteiger partial charge in [0.2, 0.25) is 5.91 Å². The average molecular weight is 429 g/mol. The number of hydrogen-bond donors (Lipinski definition) is 1. The number of methoxy groups -OCH3 is 1. The zero-order valence-corrected chi connectivity index (χ0v) is 18.4. The van der Waals surface area contributed by atoms with Crippen molar-refractivity contribution in [3.63, 3.8) is 0 Å². The maximum atomic E-state index is 13.0. The number of carbonyl (C=O) groups is 3. The number of piperidine rings is 1. The van der Waals surface area contributed by atoms with Crippen LogP contribution in [-0.2, 0) is 9.59 Å². The molecule has 8 nitrogen and oxygen atoms in total. The average Bonchev–Trinajstić information content (AvgIpc) is 2.96. The molecular weight excluding hydrogens is 396 g/mol. The van der Waals surface area contributed by atoms with Gasteiger partial charge in [-0.3, -0.25) is 14.5 Å². The summed E-state index contributed by atoms with van der Waals surface area (Å²) in [5.41, 5.74) is 0.402. The largest absolute Gasteiger partial charge is 0.497 e. The fraction of sp³-hybridized carbons (Fsp3) is 0.609. The van der Waals surface area contributed by atoms with Crippen LogP contribution in [-0.4, -0.2) is 73.0 Å². The van der Waals surface area contributed by atoms with Crippen molar-refractivity contribution in [1.82, 2.24) is 15.1 Å². The van der Waals surface area contributed by atoms with Crippen LogP contribution in [0, 0.1) is 0 Å². The lowest BCUT2D eigenvalue weighted by Gasteiger charge is -2.35. The first-order chi connectivity index (χ1) is 14.9. The SMILES string of the molecule is COc1ccc(N2CCC(NC(=O)CN3C(=O)N(C)C4(CCCCC4)C3=O)CC2)cc1. The first kappa shape index (κ1) is 21.5. The molecule has 1 aromatic rings. The van der Waals surface area contributed by atoms with Gasteiger partial charge in [0.25, 0.3) is 5.91 Å².